The van der Waals surface area contributed by atoms with Gasteiger partial charge in [0.25, 0.3) is 0 Å². The van der Waals surface area contributed by atoms with Gasteiger partial charge in [0.15, 0.2) is 0 Å². The van der Waals surface area contributed by atoms with Crippen LogP contribution in [0.5, 0.6) is 5.88 Å². The van der Waals surface area contributed by atoms with Crippen LogP contribution in [0.15, 0.2) is 0 Å². The molecule has 3 nitrogen and oxygen atoms in total. The van der Waals surface area contributed by atoms with Crippen LogP contribution in [0.1, 0.15) is 45.4 Å². The van der Waals surface area contributed by atoms with E-state index >= 15 is 0 Å². The highest BCUT2D eigenvalue weighted by molar-refractivity contribution is 5.30. The highest BCUT2D eigenvalue weighted by Gasteiger charge is 2.15. The van der Waals surface area contributed by atoms with Gasteiger partial charge < -0.3 is 5.11 Å². The van der Waals surface area contributed by atoms with Crippen molar-refractivity contribution in [1.82, 2.24) is 9.78 Å². The lowest BCUT2D eigenvalue weighted by atomic mass is 10.1. The quantitative estimate of drug-likeness (QED) is 0.811. The molecule has 0 aliphatic carbocycles. The van der Waals surface area contributed by atoms with Gasteiger partial charge >= 0.3 is 0 Å². The number of nitrogens with zero attached hydrogens (tertiary/aromatic N) is 2. The predicted molar refractivity (Wildman–Crippen MR) is 62.1 cm³/mol. The van der Waals surface area contributed by atoms with Gasteiger partial charge in [-0.2, -0.15) is 5.10 Å². The van der Waals surface area contributed by atoms with Crippen LogP contribution in [-0.4, -0.2) is 14.9 Å². The SMILES string of the molecule is CCCc1c(CC)nn(CC(C)C)c1O. The van der Waals surface area contributed by atoms with Gasteiger partial charge in [0.05, 0.1) is 5.69 Å². The Morgan fingerprint density at radius 2 is 2.00 bits per heavy atom. The maximum atomic E-state index is 10.0. The first kappa shape index (κ1) is 12.1. The second-order valence-corrected chi connectivity index (χ2v) is 4.43. The zero-order chi connectivity index (χ0) is 11.4. The van der Waals surface area contributed by atoms with Crippen LogP contribution in [0.25, 0.3) is 0 Å². The van der Waals surface area contributed by atoms with Crippen molar-refractivity contribution >= 4 is 0 Å². The molecule has 1 rings (SSSR count). The van der Waals surface area contributed by atoms with Gasteiger partial charge in [0.1, 0.15) is 0 Å². The summed E-state index contributed by atoms with van der Waals surface area (Å²) in [5, 5.41) is 14.5. The fourth-order valence-corrected chi connectivity index (χ4v) is 1.80. The summed E-state index contributed by atoms with van der Waals surface area (Å²) in [6, 6.07) is 0. The number of aromatic nitrogens is 2. The Labute approximate surface area is 92.1 Å². The normalized spacial score (nSPS) is 11.3. The first-order chi connectivity index (χ1) is 7.10. The molecule has 0 spiro atoms. The minimum Gasteiger partial charge on any atom is -0.493 e. The van der Waals surface area contributed by atoms with Crippen molar-refractivity contribution in [3.63, 3.8) is 0 Å². The van der Waals surface area contributed by atoms with E-state index in [4.69, 9.17) is 0 Å². The summed E-state index contributed by atoms with van der Waals surface area (Å²) in [6.45, 7) is 9.26. The van der Waals surface area contributed by atoms with E-state index < -0.39 is 0 Å². The van der Waals surface area contributed by atoms with Crippen LogP contribution in [0, 0.1) is 5.92 Å². The van der Waals surface area contributed by atoms with Crippen molar-refractivity contribution in [3.8, 4) is 5.88 Å². The van der Waals surface area contributed by atoms with Crippen LogP contribution < -0.4 is 0 Å². The molecule has 86 valence electrons. The molecule has 1 aromatic rings. The topological polar surface area (TPSA) is 38.0 Å². The third-order valence-corrected chi connectivity index (χ3v) is 2.48. The molecule has 0 saturated carbocycles. The van der Waals surface area contributed by atoms with E-state index in [-0.39, 0.29) is 0 Å². The molecule has 3 heteroatoms. The van der Waals surface area contributed by atoms with E-state index in [1.807, 2.05) is 0 Å². The van der Waals surface area contributed by atoms with Crippen LogP contribution in [-0.2, 0) is 19.4 Å². The van der Waals surface area contributed by atoms with Gasteiger partial charge in [-0.05, 0) is 18.8 Å². The molecule has 0 aliphatic heterocycles. The van der Waals surface area contributed by atoms with E-state index in [0.29, 0.717) is 11.8 Å². The van der Waals surface area contributed by atoms with Gasteiger partial charge in [-0.1, -0.05) is 34.1 Å². The van der Waals surface area contributed by atoms with Crippen molar-refractivity contribution in [3.05, 3.63) is 11.3 Å². The molecule has 1 aromatic heterocycles. The molecule has 0 fully saturated rings. The summed E-state index contributed by atoms with van der Waals surface area (Å²) in [6.07, 6.45) is 2.87. The van der Waals surface area contributed by atoms with Crippen LogP contribution in [0.2, 0.25) is 0 Å². The van der Waals surface area contributed by atoms with E-state index in [2.05, 4.69) is 32.8 Å². The molecule has 0 bridgehead atoms. The average Bonchev–Trinajstić information content (AvgIpc) is 2.46. The molecule has 1 N–H and O–H groups in total. The Bertz CT molecular complexity index is 316. The fourth-order valence-electron chi connectivity index (χ4n) is 1.80. The summed E-state index contributed by atoms with van der Waals surface area (Å²) in [5.74, 6) is 0.886. The zero-order valence-electron chi connectivity index (χ0n) is 10.2. The lowest BCUT2D eigenvalue weighted by Crippen LogP contribution is -2.05. The molecule has 0 atom stereocenters. The van der Waals surface area contributed by atoms with Crippen molar-refractivity contribution in [1.29, 1.82) is 0 Å². The van der Waals surface area contributed by atoms with E-state index in [1.54, 1.807) is 4.68 Å². The number of rotatable bonds is 5. The minimum atomic E-state index is 0.377. The Kier molecular flexibility index (Phi) is 4.18. The summed E-state index contributed by atoms with van der Waals surface area (Å²) in [4.78, 5) is 0. The first-order valence-electron chi connectivity index (χ1n) is 5.87. The standard InChI is InChI=1S/C12H22N2O/c1-5-7-10-11(6-2)13-14(12(10)15)8-9(3)4/h9,15H,5-8H2,1-4H3. The molecule has 0 aromatic carbocycles. The van der Waals surface area contributed by atoms with Gasteiger partial charge in [-0.25, -0.2) is 4.68 Å². The molecule has 1 heterocycles. The van der Waals surface area contributed by atoms with E-state index in [1.165, 1.54) is 0 Å². The molecular formula is C12H22N2O. The van der Waals surface area contributed by atoms with Gasteiger partial charge in [0, 0.05) is 12.1 Å². The van der Waals surface area contributed by atoms with Crippen molar-refractivity contribution < 1.29 is 5.11 Å². The minimum absolute atomic E-state index is 0.377. The van der Waals surface area contributed by atoms with Crippen molar-refractivity contribution in [2.24, 2.45) is 5.92 Å². The van der Waals surface area contributed by atoms with Gasteiger partial charge in [-0.3, -0.25) is 0 Å². The molecule has 0 amide bonds. The Hall–Kier alpha value is -0.990. The van der Waals surface area contributed by atoms with E-state index in [0.717, 1.165) is 37.1 Å². The number of hydrogen-bond acceptors (Lipinski definition) is 2. The van der Waals surface area contributed by atoms with Crippen LogP contribution in [0.4, 0.5) is 0 Å². The monoisotopic (exact) mass is 210 g/mol. The zero-order valence-corrected chi connectivity index (χ0v) is 10.2. The Morgan fingerprint density at radius 1 is 1.33 bits per heavy atom. The number of hydrogen-bond donors (Lipinski definition) is 1. The third-order valence-electron chi connectivity index (χ3n) is 2.48. The second kappa shape index (κ2) is 5.19. The highest BCUT2D eigenvalue weighted by atomic mass is 16.3. The number of aromatic hydroxyl groups is 1. The van der Waals surface area contributed by atoms with E-state index in [9.17, 15) is 5.11 Å². The van der Waals surface area contributed by atoms with Crippen LogP contribution >= 0.6 is 0 Å². The van der Waals surface area contributed by atoms with Crippen molar-refractivity contribution in [2.75, 3.05) is 0 Å². The first-order valence-corrected chi connectivity index (χ1v) is 5.87. The summed E-state index contributed by atoms with van der Waals surface area (Å²) >= 11 is 0. The Morgan fingerprint density at radius 3 is 2.47 bits per heavy atom. The molecule has 0 saturated heterocycles. The number of aryl methyl sites for hydroxylation is 1. The van der Waals surface area contributed by atoms with Crippen LogP contribution in [0.3, 0.4) is 0 Å². The van der Waals surface area contributed by atoms with Gasteiger partial charge in [-0.15, -0.1) is 0 Å². The molecule has 0 aliphatic rings. The predicted octanol–water partition coefficient (Wildman–Crippen LogP) is 2.76. The molecule has 15 heavy (non-hydrogen) atoms. The third kappa shape index (κ3) is 2.74. The maximum Gasteiger partial charge on any atom is 0.212 e. The highest BCUT2D eigenvalue weighted by Crippen LogP contribution is 2.24. The lowest BCUT2D eigenvalue weighted by Gasteiger charge is -2.06. The maximum absolute atomic E-state index is 10.0. The summed E-state index contributed by atoms with van der Waals surface area (Å²) in [5.41, 5.74) is 2.09. The molecule has 0 unspecified atom stereocenters. The van der Waals surface area contributed by atoms with Gasteiger partial charge in [0.2, 0.25) is 5.88 Å². The summed E-state index contributed by atoms with van der Waals surface area (Å²) < 4.78 is 1.74. The largest absolute Gasteiger partial charge is 0.493 e. The lowest BCUT2D eigenvalue weighted by molar-refractivity contribution is 0.368. The smallest absolute Gasteiger partial charge is 0.212 e. The average molecular weight is 210 g/mol. The van der Waals surface area contributed by atoms with Crippen molar-refractivity contribution in [2.45, 2.75) is 53.5 Å². The summed E-state index contributed by atoms with van der Waals surface area (Å²) in [7, 11) is 0. The fraction of sp³-hybridized carbons (Fsp3) is 0.750. The molecule has 0 radical (unpaired) electrons. The molecular weight excluding hydrogens is 188 g/mol. The Balaban J connectivity index is 2.98. The second-order valence-electron chi connectivity index (χ2n) is 4.43.